The standard InChI is InChI=1S/C13H16F3NO4/c1-9(2)19-5-6-20-12(18)10-3-4-11(17-7-10)21-8-13(14,15)16/h3-4,7,9H,5-6,8H2,1-2H3. The molecule has 1 aromatic rings. The Balaban J connectivity index is 2.40. The van der Waals surface area contributed by atoms with Gasteiger partial charge in [0.1, 0.15) is 6.61 Å². The van der Waals surface area contributed by atoms with E-state index >= 15 is 0 Å². The average molecular weight is 307 g/mol. The summed E-state index contributed by atoms with van der Waals surface area (Å²) in [5.41, 5.74) is 0.124. The number of hydrogen-bond acceptors (Lipinski definition) is 5. The molecule has 0 saturated heterocycles. The molecule has 1 aromatic heterocycles. The van der Waals surface area contributed by atoms with Crippen molar-refractivity contribution >= 4 is 5.97 Å². The highest BCUT2D eigenvalue weighted by molar-refractivity contribution is 5.89. The SMILES string of the molecule is CC(C)OCCOC(=O)c1ccc(OCC(F)(F)F)nc1. The predicted molar refractivity (Wildman–Crippen MR) is 67.2 cm³/mol. The number of nitrogens with zero attached hydrogens (tertiary/aromatic N) is 1. The van der Waals surface area contributed by atoms with E-state index in [4.69, 9.17) is 9.47 Å². The van der Waals surface area contributed by atoms with Crippen LogP contribution < -0.4 is 4.74 Å². The van der Waals surface area contributed by atoms with Gasteiger partial charge in [-0.25, -0.2) is 9.78 Å². The molecular weight excluding hydrogens is 291 g/mol. The number of hydrogen-bond donors (Lipinski definition) is 0. The summed E-state index contributed by atoms with van der Waals surface area (Å²) in [7, 11) is 0. The normalized spacial score (nSPS) is 11.5. The van der Waals surface area contributed by atoms with Crippen LogP contribution in [0.15, 0.2) is 18.3 Å². The van der Waals surface area contributed by atoms with E-state index in [-0.39, 0.29) is 30.8 Å². The Morgan fingerprint density at radius 3 is 2.52 bits per heavy atom. The van der Waals surface area contributed by atoms with Gasteiger partial charge < -0.3 is 14.2 Å². The minimum atomic E-state index is -4.43. The summed E-state index contributed by atoms with van der Waals surface area (Å²) in [5.74, 6) is -0.843. The zero-order valence-corrected chi connectivity index (χ0v) is 11.6. The van der Waals surface area contributed by atoms with E-state index in [1.54, 1.807) is 0 Å². The summed E-state index contributed by atoms with van der Waals surface area (Å²) in [6.07, 6.45) is -3.30. The molecule has 8 heteroatoms. The summed E-state index contributed by atoms with van der Waals surface area (Å²) >= 11 is 0. The number of carbonyl (C=O) groups excluding carboxylic acids is 1. The van der Waals surface area contributed by atoms with E-state index in [0.717, 1.165) is 6.20 Å². The van der Waals surface area contributed by atoms with Crippen LogP contribution in [-0.2, 0) is 9.47 Å². The number of carbonyl (C=O) groups is 1. The Kier molecular flexibility index (Phi) is 6.41. The van der Waals surface area contributed by atoms with Crippen molar-refractivity contribution < 1.29 is 32.2 Å². The summed E-state index contributed by atoms with van der Waals surface area (Å²) in [6, 6.07) is 2.46. The molecular formula is C13H16F3NO4. The zero-order valence-electron chi connectivity index (χ0n) is 11.6. The van der Waals surface area contributed by atoms with Crippen molar-refractivity contribution in [2.45, 2.75) is 26.1 Å². The molecule has 0 N–H and O–H groups in total. The number of halogens is 3. The van der Waals surface area contributed by atoms with Crippen molar-refractivity contribution in [3.63, 3.8) is 0 Å². The van der Waals surface area contributed by atoms with Crippen LogP contribution in [0.3, 0.4) is 0 Å². The molecule has 0 radical (unpaired) electrons. The Bertz CT molecular complexity index is 446. The van der Waals surface area contributed by atoms with Crippen LogP contribution in [0.4, 0.5) is 13.2 Å². The second-order valence-corrected chi connectivity index (χ2v) is 4.34. The summed E-state index contributed by atoms with van der Waals surface area (Å²) < 4.78 is 50.3. The first-order chi connectivity index (χ1) is 9.78. The lowest BCUT2D eigenvalue weighted by atomic mass is 10.3. The van der Waals surface area contributed by atoms with Crippen LogP contribution in [0.1, 0.15) is 24.2 Å². The van der Waals surface area contributed by atoms with Gasteiger partial charge >= 0.3 is 12.1 Å². The fraction of sp³-hybridized carbons (Fsp3) is 0.538. The van der Waals surface area contributed by atoms with Gasteiger partial charge in [-0.15, -0.1) is 0 Å². The summed E-state index contributed by atoms with van der Waals surface area (Å²) in [6.45, 7) is 2.63. The fourth-order valence-electron chi connectivity index (χ4n) is 1.24. The predicted octanol–water partition coefficient (Wildman–Crippen LogP) is 2.60. The number of esters is 1. The summed E-state index contributed by atoms with van der Waals surface area (Å²) in [5, 5.41) is 0. The highest BCUT2D eigenvalue weighted by Crippen LogP contribution is 2.17. The Labute approximate surface area is 120 Å². The lowest BCUT2D eigenvalue weighted by molar-refractivity contribution is -0.154. The molecule has 1 rings (SSSR count). The number of aromatic nitrogens is 1. The van der Waals surface area contributed by atoms with Crippen LogP contribution >= 0.6 is 0 Å². The lowest BCUT2D eigenvalue weighted by Crippen LogP contribution is -2.19. The smallest absolute Gasteiger partial charge is 0.422 e. The highest BCUT2D eigenvalue weighted by atomic mass is 19.4. The zero-order chi connectivity index (χ0) is 15.9. The van der Waals surface area contributed by atoms with Gasteiger partial charge in [-0.1, -0.05) is 0 Å². The van der Waals surface area contributed by atoms with E-state index in [1.165, 1.54) is 12.1 Å². The first-order valence-corrected chi connectivity index (χ1v) is 6.22. The first-order valence-electron chi connectivity index (χ1n) is 6.22. The van der Waals surface area contributed by atoms with Gasteiger partial charge in [-0.2, -0.15) is 13.2 Å². The van der Waals surface area contributed by atoms with Crippen molar-refractivity contribution in [2.75, 3.05) is 19.8 Å². The fourth-order valence-corrected chi connectivity index (χ4v) is 1.24. The Hall–Kier alpha value is -1.83. The van der Waals surface area contributed by atoms with E-state index in [9.17, 15) is 18.0 Å². The molecule has 0 amide bonds. The van der Waals surface area contributed by atoms with E-state index in [0.29, 0.717) is 0 Å². The van der Waals surface area contributed by atoms with Crippen LogP contribution in [0, 0.1) is 0 Å². The molecule has 0 spiro atoms. The van der Waals surface area contributed by atoms with E-state index in [1.807, 2.05) is 13.8 Å². The van der Waals surface area contributed by atoms with Crippen LogP contribution in [0.2, 0.25) is 0 Å². The van der Waals surface area contributed by atoms with E-state index in [2.05, 4.69) is 9.72 Å². The number of rotatable bonds is 7. The largest absolute Gasteiger partial charge is 0.468 e. The average Bonchev–Trinajstić information content (AvgIpc) is 2.40. The third kappa shape index (κ3) is 7.50. The molecule has 0 unspecified atom stereocenters. The van der Waals surface area contributed by atoms with Crippen molar-refractivity contribution in [3.05, 3.63) is 23.9 Å². The minimum Gasteiger partial charge on any atom is -0.468 e. The van der Waals surface area contributed by atoms with E-state index < -0.39 is 18.8 Å². The lowest BCUT2D eigenvalue weighted by Gasteiger charge is -2.09. The van der Waals surface area contributed by atoms with Gasteiger partial charge in [0.2, 0.25) is 5.88 Å². The van der Waals surface area contributed by atoms with Gasteiger partial charge in [0.25, 0.3) is 0 Å². The first kappa shape index (κ1) is 17.2. The van der Waals surface area contributed by atoms with Crippen molar-refractivity contribution in [2.24, 2.45) is 0 Å². The molecule has 0 aliphatic carbocycles. The number of pyridine rings is 1. The molecule has 21 heavy (non-hydrogen) atoms. The molecule has 118 valence electrons. The van der Waals surface area contributed by atoms with Gasteiger partial charge in [0.15, 0.2) is 6.61 Å². The maximum absolute atomic E-state index is 11.9. The molecule has 0 aliphatic heterocycles. The van der Waals surface area contributed by atoms with Crippen molar-refractivity contribution in [3.8, 4) is 5.88 Å². The van der Waals surface area contributed by atoms with Crippen molar-refractivity contribution in [1.29, 1.82) is 0 Å². The number of ether oxygens (including phenoxy) is 3. The molecule has 0 saturated carbocycles. The third-order valence-corrected chi connectivity index (χ3v) is 2.12. The van der Waals surface area contributed by atoms with Crippen molar-refractivity contribution in [1.82, 2.24) is 4.98 Å². The second-order valence-electron chi connectivity index (χ2n) is 4.34. The number of alkyl halides is 3. The highest BCUT2D eigenvalue weighted by Gasteiger charge is 2.28. The molecule has 0 aromatic carbocycles. The Morgan fingerprint density at radius 2 is 2.00 bits per heavy atom. The van der Waals surface area contributed by atoms with Gasteiger partial charge in [0.05, 0.1) is 18.3 Å². The topological polar surface area (TPSA) is 57.7 Å². The van der Waals surface area contributed by atoms with Crippen LogP contribution in [-0.4, -0.2) is 43.1 Å². The molecule has 0 fully saturated rings. The van der Waals surface area contributed by atoms with Crippen LogP contribution in [0.5, 0.6) is 5.88 Å². The van der Waals surface area contributed by atoms with Gasteiger partial charge in [0, 0.05) is 12.3 Å². The summed E-state index contributed by atoms with van der Waals surface area (Å²) in [4.78, 5) is 15.2. The van der Waals surface area contributed by atoms with Crippen LogP contribution in [0.25, 0.3) is 0 Å². The quantitative estimate of drug-likeness (QED) is 0.572. The Morgan fingerprint density at radius 1 is 1.29 bits per heavy atom. The molecule has 0 bridgehead atoms. The second kappa shape index (κ2) is 7.82. The maximum Gasteiger partial charge on any atom is 0.422 e. The molecule has 5 nitrogen and oxygen atoms in total. The third-order valence-electron chi connectivity index (χ3n) is 2.12. The molecule has 0 atom stereocenters. The van der Waals surface area contributed by atoms with Gasteiger partial charge in [-0.3, -0.25) is 0 Å². The van der Waals surface area contributed by atoms with Gasteiger partial charge in [-0.05, 0) is 19.9 Å². The minimum absolute atomic E-state index is 0.0374. The monoisotopic (exact) mass is 307 g/mol. The maximum atomic E-state index is 11.9. The molecule has 0 aliphatic rings. The molecule has 1 heterocycles.